The molecule has 0 saturated carbocycles. The number of hydrogen-bond acceptors (Lipinski definition) is 3. The summed E-state index contributed by atoms with van der Waals surface area (Å²) in [7, 11) is 0. The highest BCUT2D eigenvalue weighted by Gasteiger charge is 1.88. The van der Waals surface area contributed by atoms with Crippen LogP contribution in [0, 0.1) is 0 Å². The van der Waals surface area contributed by atoms with Gasteiger partial charge in [0.25, 0.3) is 0 Å². The number of nitrogens with two attached hydrogens (primary N) is 1. The molecule has 3 heteroatoms. The molecule has 0 aliphatic carbocycles. The van der Waals surface area contributed by atoms with Crippen LogP contribution in [0.15, 0.2) is 24.8 Å². The van der Waals surface area contributed by atoms with E-state index in [1.165, 1.54) is 6.33 Å². The molecule has 0 unspecified atom stereocenters. The summed E-state index contributed by atoms with van der Waals surface area (Å²) in [5.41, 5.74) is 6.59. The second-order valence-corrected chi connectivity index (χ2v) is 2.79. The molecule has 0 saturated heterocycles. The van der Waals surface area contributed by atoms with Gasteiger partial charge in [0, 0.05) is 24.0 Å². The Morgan fingerprint density at radius 2 is 2.17 bits per heavy atom. The first-order valence-electron chi connectivity index (χ1n) is 3.96. The van der Waals surface area contributed by atoms with Crippen LogP contribution < -0.4 is 5.73 Å². The fourth-order valence-corrected chi connectivity index (χ4v) is 0.815. The van der Waals surface area contributed by atoms with Crippen molar-refractivity contribution in [3.63, 3.8) is 0 Å². The van der Waals surface area contributed by atoms with Gasteiger partial charge < -0.3 is 5.73 Å². The van der Waals surface area contributed by atoms with Gasteiger partial charge in [-0.2, -0.15) is 0 Å². The van der Waals surface area contributed by atoms with E-state index >= 15 is 0 Å². The molecule has 1 rings (SSSR count). The first-order chi connectivity index (χ1) is 5.79. The molecule has 1 aromatic rings. The van der Waals surface area contributed by atoms with Crippen LogP contribution in [0.3, 0.4) is 0 Å². The summed E-state index contributed by atoms with van der Waals surface area (Å²) in [5.74, 6) is 0. The second-order valence-electron chi connectivity index (χ2n) is 2.79. The van der Waals surface area contributed by atoms with Crippen molar-refractivity contribution in [3.05, 3.63) is 30.4 Å². The lowest BCUT2D eigenvalue weighted by atomic mass is 10.2. The standard InChI is InChI=1S/C9H13N3/c1-8(10)3-2-4-9-5-11-7-12-6-9/h2,4-8H,3,10H2,1H3/b4-2+/t8-/m0/s1. The van der Waals surface area contributed by atoms with E-state index in [0.717, 1.165) is 12.0 Å². The molecule has 0 aromatic carbocycles. The van der Waals surface area contributed by atoms with E-state index in [2.05, 4.69) is 9.97 Å². The zero-order valence-electron chi connectivity index (χ0n) is 7.14. The van der Waals surface area contributed by atoms with Crippen molar-refractivity contribution in [2.45, 2.75) is 19.4 Å². The monoisotopic (exact) mass is 163 g/mol. The van der Waals surface area contributed by atoms with Crippen LogP contribution in [0.4, 0.5) is 0 Å². The Morgan fingerprint density at radius 1 is 1.50 bits per heavy atom. The fourth-order valence-electron chi connectivity index (χ4n) is 0.815. The Balaban J connectivity index is 2.47. The topological polar surface area (TPSA) is 51.8 Å². The van der Waals surface area contributed by atoms with Crippen LogP contribution in [0.1, 0.15) is 18.9 Å². The van der Waals surface area contributed by atoms with Crippen molar-refractivity contribution in [2.24, 2.45) is 5.73 Å². The maximum Gasteiger partial charge on any atom is 0.115 e. The molecule has 1 atom stereocenters. The summed E-state index contributed by atoms with van der Waals surface area (Å²) >= 11 is 0. The molecule has 0 aliphatic rings. The maximum atomic E-state index is 5.57. The van der Waals surface area contributed by atoms with Crippen LogP contribution >= 0.6 is 0 Å². The highest BCUT2D eigenvalue weighted by atomic mass is 14.8. The van der Waals surface area contributed by atoms with Gasteiger partial charge in [0.05, 0.1) is 0 Å². The zero-order valence-corrected chi connectivity index (χ0v) is 7.14. The van der Waals surface area contributed by atoms with Crippen LogP contribution in [0.25, 0.3) is 6.08 Å². The minimum Gasteiger partial charge on any atom is -0.328 e. The molecule has 0 aliphatic heterocycles. The smallest absolute Gasteiger partial charge is 0.115 e. The second kappa shape index (κ2) is 4.62. The van der Waals surface area contributed by atoms with Gasteiger partial charge >= 0.3 is 0 Å². The number of hydrogen-bond donors (Lipinski definition) is 1. The summed E-state index contributed by atoms with van der Waals surface area (Å²) in [6.07, 6.45) is 9.94. The average Bonchev–Trinajstić information content (AvgIpc) is 2.05. The molecule has 0 fully saturated rings. The lowest BCUT2D eigenvalue weighted by Crippen LogP contribution is -2.12. The highest BCUT2D eigenvalue weighted by Crippen LogP contribution is 1.98. The minimum atomic E-state index is 0.214. The van der Waals surface area contributed by atoms with E-state index in [4.69, 9.17) is 5.73 Å². The van der Waals surface area contributed by atoms with Crippen molar-refractivity contribution in [1.29, 1.82) is 0 Å². The third kappa shape index (κ3) is 3.25. The van der Waals surface area contributed by atoms with E-state index in [-0.39, 0.29) is 6.04 Å². The van der Waals surface area contributed by atoms with E-state index in [9.17, 15) is 0 Å². The molecule has 0 spiro atoms. The molecule has 2 N–H and O–H groups in total. The van der Waals surface area contributed by atoms with Gasteiger partial charge in [-0.3, -0.25) is 0 Å². The van der Waals surface area contributed by atoms with Gasteiger partial charge in [-0.05, 0) is 13.3 Å². The van der Waals surface area contributed by atoms with Gasteiger partial charge in [-0.15, -0.1) is 0 Å². The Kier molecular flexibility index (Phi) is 3.41. The molecule has 1 heterocycles. The zero-order chi connectivity index (χ0) is 8.81. The van der Waals surface area contributed by atoms with E-state index < -0.39 is 0 Å². The molecule has 0 amide bonds. The third-order valence-electron chi connectivity index (χ3n) is 1.40. The van der Waals surface area contributed by atoms with Gasteiger partial charge in [-0.1, -0.05) is 12.2 Å². The summed E-state index contributed by atoms with van der Waals surface area (Å²) in [5, 5.41) is 0. The SMILES string of the molecule is C[C@H](N)C/C=C/c1cncnc1. The summed E-state index contributed by atoms with van der Waals surface area (Å²) in [4.78, 5) is 7.78. The van der Waals surface area contributed by atoms with E-state index in [0.29, 0.717) is 0 Å². The quantitative estimate of drug-likeness (QED) is 0.729. The Hall–Kier alpha value is -1.22. The van der Waals surface area contributed by atoms with E-state index in [1.54, 1.807) is 12.4 Å². The van der Waals surface area contributed by atoms with Crippen molar-refractivity contribution < 1.29 is 0 Å². The molecule has 64 valence electrons. The Bertz CT molecular complexity index is 241. The third-order valence-corrected chi connectivity index (χ3v) is 1.40. The Morgan fingerprint density at radius 3 is 2.75 bits per heavy atom. The molecular weight excluding hydrogens is 150 g/mol. The Labute approximate surface area is 72.3 Å². The van der Waals surface area contributed by atoms with Gasteiger partial charge in [0.15, 0.2) is 0 Å². The van der Waals surface area contributed by atoms with Crippen LogP contribution in [0.5, 0.6) is 0 Å². The normalized spacial score (nSPS) is 13.5. The molecule has 3 nitrogen and oxygen atoms in total. The molecule has 12 heavy (non-hydrogen) atoms. The van der Waals surface area contributed by atoms with Crippen molar-refractivity contribution >= 4 is 6.08 Å². The van der Waals surface area contributed by atoms with Crippen molar-refractivity contribution in [2.75, 3.05) is 0 Å². The van der Waals surface area contributed by atoms with Gasteiger partial charge in [0.1, 0.15) is 6.33 Å². The maximum absolute atomic E-state index is 5.57. The highest BCUT2D eigenvalue weighted by molar-refractivity contribution is 5.45. The van der Waals surface area contributed by atoms with Crippen LogP contribution in [0.2, 0.25) is 0 Å². The van der Waals surface area contributed by atoms with Crippen molar-refractivity contribution in [1.82, 2.24) is 9.97 Å². The minimum absolute atomic E-state index is 0.214. The molecule has 1 aromatic heterocycles. The summed E-state index contributed by atoms with van der Waals surface area (Å²) < 4.78 is 0. The van der Waals surface area contributed by atoms with Gasteiger partial charge in [-0.25, -0.2) is 9.97 Å². The first-order valence-corrected chi connectivity index (χ1v) is 3.96. The summed E-state index contributed by atoms with van der Waals surface area (Å²) in [6.45, 7) is 1.98. The van der Waals surface area contributed by atoms with E-state index in [1.807, 2.05) is 19.1 Å². The fraction of sp³-hybridized carbons (Fsp3) is 0.333. The lowest BCUT2D eigenvalue weighted by molar-refractivity contribution is 0.759. The van der Waals surface area contributed by atoms with Crippen LogP contribution in [-0.4, -0.2) is 16.0 Å². The molecular formula is C9H13N3. The average molecular weight is 163 g/mol. The molecule has 0 radical (unpaired) electrons. The predicted molar refractivity (Wildman–Crippen MR) is 49.3 cm³/mol. The van der Waals surface area contributed by atoms with Crippen LogP contribution in [-0.2, 0) is 0 Å². The molecule has 0 bridgehead atoms. The predicted octanol–water partition coefficient (Wildman–Crippen LogP) is 1.23. The summed E-state index contributed by atoms with van der Waals surface area (Å²) in [6, 6.07) is 0.214. The van der Waals surface area contributed by atoms with Crippen molar-refractivity contribution in [3.8, 4) is 0 Å². The number of aromatic nitrogens is 2. The first kappa shape index (κ1) is 8.87. The largest absolute Gasteiger partial charge is 0.328 e. The number of rotatable bonds is 3. The van der Waals surface area contributed by atoms with Gasteiger partial charge in [0.2, 0.25) is 0 Å². The lowest BCUT2D eigenvalue weighted by Gasteiger charge is -1.96. The number of nitrogens with zero attached hydrogens (tertiary/aromatic N) is 2.